The Bertz CT molecular complexity index is 546. The number of nitrogens with zero attached hydrogens (tertiary/aromatic N) is 1. The summed E-state index contributed by atoms with van der Waals surface area (Å²) in [4.78, 5) is 16.8. The average molecular weight is 371 g/mol. The van der Waals surface area contributed by atoms with Crippen molar-refractivity contribution in [3.63, 3.8) is 0 Å². The molecule has 22 heavy (non-hydrogen) atoms. The summed E-state index contributed by atoms with van der Waals surface area (Å²) in [5, 5.41) is 13.8. The standard InChI is InChI=1S/C16H23BrN2O3/c1-10(2)9-16(21,11-5-4-6-11)15(20)18-12-7-13(17)19-14(8-12)22-3/h7-8,10-11,21H,4-6,9H2,1-3H3,(H,18,19,20). The molecule has 1 unspecified atom stereocenters. The van der Waals surface area contributed by atoms with Gasteiger partial charge in [0, 0.05) is 11.8 Å². The minimum atomic E-state index is -1.31. The summed E-state index contributed by atoms with van der Waals surface area (Å²) < 4.78 is 5.66. The van der Waals surface area contributed by atoms with E-state index in [4.69, 9.17) is 4.74 Å². The fraction of sp³-hybridized carbons (Fsp3) is 0.625. The quantitative estimate of drug-likeness (QED) is 0.753. The van der Waals surface area contributed by atoms with E-state index in [-0.39, 0.29) is 17.7 Å². The first-order valence-corrected chi connectivity index (χ1v) is 8.40. The highest BCUT2D eigenvalue weighted by atomic mass is 79.9. The van der Waals surface area contributed by atoms with Crippen LogP contribution in [0.15, 0.2) is 16.7 Å². The van der Waals surface area contributed by atoms with E-state index in [1.807, 2.05) is 13.8 Å². The van der Waals surface area contributed by atoms with E-state index >= 15 is 0 Å². The number of carbonyl (C=O) groups is 1. The van der Waals surface area contributed by atoms with Crippen molar-refractivity contribution < 1.29 is 14.6 Å². The van der Waals surface area contributed by atoms with Crippen LogP contribution in [-0.4, -0.2) is 28.7 Å². The molecule has 0 bridgehead atoms. The molecule has 1 aliphatic carbocycles. The first-order chi connectivity index (χ1) is 10.3. The fourth-order valence-electron chi connectivity index (χ4n) is 2.84. The molecule has 2 rings (SSSR count). The Hall–Kier alpha value is -1.14. The maximum Gasteiger partial charge on any atom is 0.256 e. The number of methoxy groups -OCH3 is 1. The Morgan fingerprint density at radius 2 is 2.23 bits per heavy atom. The smallest absolute Gasteiger partial charge is 0.256 e. The highest BCUT2D eigenvalue weighted by Gasteiger charge is 2.46. The van der Waals surface area contributed by atoms with Crippen LogP contribution in [0.25, 0.3) is 0 Å². The molecule has 6 heteroatoms. The topological polar surface area (TPSA) is 71.5 Å². The lowest BCUT2D eigenvalue weighted by Gasteiger charge is -2.41. The van der Waals surface area contributed by atoms with Crippen LogP contribution in [0.3, 0.4) is 0 Å². The van der Waals surface area contributed by atoms with Gasteiger partial charge in [0.15, 0.2) is 0 Å². The second-order valence-electron chi connectivity index (χ2n) is 6.33. The lowest BCUT2D eigenvalue weighted by atomic mass is 9.69. The first-order valence-electron chi connectivity index (χ1n) is 7.60. The first kappa shape index (κ1) is 17.2. The third kappa shape index (κ3) is 3.79. The summed E-state index contributed by atoms with van der Waals surface area (Å²) in [6, 6.07) is 3.33. The second kappa shape index (κ2) is 6.96. The Kier molecular flexibility index (Phi) is 5.45. The van der Waals surface area contributed by atoms with Gasteiger partial charge in [0.1, 0.15) is 10.2 Å². The number of nitrogens with one attached hydrogen (secondary N) is 1. The van der Waals surface area contributed by atoms with Crippen molar-refractivity contribution in [2.75, 3.05) is 12.4 Å². The van der Waals surface area contributed by atoms with Gasteiger partial charge in [-0.1, -0.05) is 20.3 Å². The highest BCUT2D eigenvalue weighted by molar-refractivity contribution is 9.10. The van der Waals surface area contributed by atoms with Crippen LogP contribution in [0.4, 0.5) is 5.69 Å². The highest BCUT2D eigenvalue weighted by Crippen LogP contribution is 2.40. The molecule has 122 valence electrons. The number of aromatic nitrogens is 1. The normalized spacial score (nSPS) is 17.7. The van der Waals surface area contributed by atoms with E-state index in [0.29, 0.717) is 22.6 Å². The van der Waals surface area contributed by atoms with Crippen molar-refractivity contribution in [2.45, 2.75) is 45.1 Å². The number of aliphatic hydroxyl groups is 1. The molecule has 0 radical (unpaired) electrons. The molecular formula is C16H23BrN2O3. The number of halogens is 1. The van der Waals surface area contributed by atoms with Crippen molar-refractivity contribution in [3.05, 3.63) is 16.7 Å². The number of hydrogen-bond acceptors (Lipinski definition) is 4. The molecule has 1 aromatic rings. The maximum atomic E-state index is 12.7. The van der Waals surface area contributed by atoms with Crippen molar-refractivity contribution in [1.29, 1.82) is 0 Å². The number of ether oxygens (including phenoxy) is 1. The zero-order valence-electron chi connectivity index (χ0n) is 13.2. The van der Waals surface area contributed by atoms with E-state index in [1.54, 1.807) is 12.1 Å². The summed E-state index contributed by atoms with van der Waals surface area (Å²) in [5.74, 6) is 0.351. The largest absolute Gasteiger partial charge is 0.481 e. The lowest BCUT2D eigenvalue weighted by Crippen LogP contribution is -2.52. The predicted octanol–water partition coefficient (Wildman–Crippen LogP) is 3.37. The number of anilines is 1. The van der Waals surface area contributed by atoms with Gasteiger partial charge in [-0.3, -0.25) is 4.79 Å². The van der Waals surface area contributed by atoms with Crippen molar-refractivity contribution >= 4 is 27.5 Å². The maximum absolute atomic E-state index is 12.7. The van der Waals surface area contributed by atoms with Gasteiger partial charge in [-0.15, -0.1) is 0 Å². The minimum Gasteiger partial charge on any atom is -0.481 e. The molecule has 2 N–H and O–H groups in total. The molecule has 1 aromatic heterocycles. The Labute approximate surface area is 139 Å². The molecule has 5 nitrogen and oxygen atoms in total. The molecule has 0 saturated heterocycles. The molecule has 1 fully saturated rings. The van der Waals surface area contributed by atoms with Gasteiger partial charge < -0.3 is 15.2 Å². The van der Waals surface area contributed by atoms with E-state index in [2.05, 4.69) is 26.2 Å². The van der Waals surface area contributed by atoms with Crippen LogP contribution < -0.4 is 10.1 Å². The number of hydrogen-bond donors (Lipinski definition) is 2. The number of amides is 1. The summed E-state index contributed by atoms with van der Waals surface area (Å²) in [6.45, 7) is 4.03. The van der Waals surface area contributed by atoms with Crippen LogP contribution >= 0.6 is 15.9 Å². The van der Waals surface area contributed by atoms with Gasteiger partial charge in [0.25, 0.3) is 5.91 Å². The second-order valence-corrected chi connectivity index (χ2v) is 7.14. The van der Waals surface area contributed by atoms with Crippen molar-refractivity contribution in [2.24, 2.45) is 11.8 Å². The van der Waals surface area contributed by atoms with E-state index < -0.39 is 5.60 Å². The van der Waals surface area contributed by atoms with E-state index in [0.717, 1.165) is 19.3 Å². The van der Waals surface area contributed by atoms with Gasteiger partial charge in [0.05, 0.1) is 7.11 Å². The van der Waals surface area contributed by atoms with Gasteiger partial charge in [-0.2, -0.15) is 0 Å². The SMILES string of the molecule is COc1cc(NC(=O)C(O)(CC(C)C)C2CCC2)cc(Br)n1. The van der Waals surface area contributed by atoms with Crippen LogP contribution in [0.2, 0.25) is 0 Å². The average Bonchev–Trinajstić information content (AvgIpc) is 2.34. The van der Waals surface area contributed by atoms with Crippen LogP contribution in [-0.2, 0) is 4.79 Å². The van der Waals surface area contributed by atoms with Crippen LogP contribution in [0, 0.1) is 11.8 Å². The molecule has 1 aliphatic rings. The molecule has 0 spiro atoms. The summed E-state index contributed by atoms with van der Waals surface area (Å²) >= 11 is 3.28. The number of rotatable bonds is 6. The van der Waals surface area contributed by atoms with Gasteiger partial charge in [-0.25, -0.2) is 4.98 Å². The Morgan fingerprint density at radius 3 is 2.73 bits per heavy atom. The van der Waals surface area contributed by atoms with E-state index in [9.17, 15) is 9.90 Å². The van der Waals surface area contributed by atoms with Crippen molar-refractivity contribution in [3.8, 4) is 5.88 Å². The molecule has 1 heterocycles. The Morgan fingerprint density at radius 1 is 1.55 bits per heavy atom. The van der Waals surface area contributed by atoms with Crippen molar-refractivity contribution in [1.82, 2.24) is 4.98 Å². The zero-order valence-corrected chi connectivity index (χ0v) is 14.8. The predicted molar refractivity (Wildman–Crippen MR) is 88.9 cm³/mol. The van der Waals surface area contributed by atoms with Crippen LogP contribution in [0.5, 0.6) is 5.88 Å². The zero-order chi connectivity index (χ0) is 16.3. The number of carbonyl (C=O) groups excluding carboxylic acids is 1. The molecule has 0 aromatic carbocycles. The molecule has 1 amide bonds. The number of pyridine rings is 1. The van der Waals surface area contributed by atoms with Gasteiger partial charge >= 0.3 is 0 Å². The summed E-state index contributed by atoms with van der Waals surface area (Å²) in [7, 11) is 1.52. The molecule has 0 aliphatic heterocycles. The van der Waals surface area contributed by atoms with E-state index in [1.165, 1.54) is 7.11 Å². The monoisotopic (exact) mass is 370 g/mol. The summed E-state index contributed by atoms with van der Waals surface area (Å²) in [6.07, 6.45) is 3.35. The van der Waals surface area contributed by atoms with Gasteiger partial charge in [0.2, 0.25) is 5.88 Å². The lowest BCUT2D eigenvalue weighted by molar-refractivity contribution is -0.147. The van der Waals surface area contributed by atoms with Gasteiger partial charge in [-0.05, 0) is 53.1 Å². The molecule has 1 saturated carbocycles. The third-order valence-corrected chi connectivity index (χ3v) is 4.54. The minimum absolute atomic E-state index is 0.0436. The molecule has 1 atom stereocenters. The van der Waals surface area contributed by atoms with Crippen LogP contribution in [0.1, 0.15) is 39.5 Å². The fourth-order valence-corrected chi connectivity index (χ4v) is 3.26. The third-order valence-electron chi connectivity index (χ3n) is 4.13. The molecular weight excluding hydrogens is 348 g/mol. The Balaban J connectivity index is 2.19. The summed E-state index contributed by atoms with van der Waals surface area (Å²) in [5.41, 5.74) is -0.750.